The maximum Gasteiger partial charge on any atom is 0.224 e. The minimum absolute atomic E-state index is 0.0933. The summed E-state index contributed by atoms with van der Waals surface area (Å²) in [7, 11) is 0. The topological polar surface area (TPSA) is 133 Å². The molecule has 0 spiro atoms. The van der Waals surface area contributed by atoms with Crippen molar-refractivity contribution in [2.45, 2.75) is 12.5 Å². The van der Waals surface area contributed by atoms with Crippen LogP contribution in [0.2, 0.25) is 0 Å². The first-order chi connectivity index (χ1) is 8.02. The van der Waals surface area contributed by atoms with Gasteiger partial charge in [0.25, 0.3) is 0 Å². The van der Waals surface area contributed by atoms with Crippen LogP contribution in [-0.2, 0) is 0 Å². The van der Waals surface area contributed by atoms with Gasteiger partial charge in [-0.2, -0.15) is 9.97 Å². The molecule has 92 valence electrons. The van der Waals surface area contributed by atoms with Crippen LogP contribution >= 0.6 is 0 Å². The first kappa shape index (κ1) is 11.6. The number of hydrogen-bond acceptors (Lipinski definition) is 7. The SMILES string of the molecule is CC(O)(CO)CNc1nc(N)nc2nc[nH]c12. The van der Waals surface area contributed by atoms with Crippen molar-refractivity contribution >= 4 is 22.9 Å². The second kappa shape index (κ2) is 4.15. The fourth-order valence-corrected chi connectivity index (χ4v) is 1.31. The first-order valence-electron chi connectivity index (χ1n) is 5.05. The quantitative estimate of drug-likeness (QED) is 0.465. The van der Waals surface area contributed by atoms with Gasteiger partial charge in [-0.3, -0.25) is 0 Å². The van der Waals surface area contributed by atoms with Crippen LogP contribution in [0.15, 0.2) is 6.33 Å². The maximum atomic E-state index is 9.66. The number of hydrogen-bond donors (Lipinski definition) is 5. The molecule has 0 radical (unpaired) electrons. The number of nitrogens with one attached hydrogen (secondary N) is 2. The summed E-state index contributed by atoms with van der Waals surface area (Å²) in [4.78, 5) is 14.8. The molecule has 2 rings (SSSR count). The molecule has 0 aliphatic carbocycles. The van der Waals surface area contributed by atoms with Crippen molar-refractivity contribution in [1.82, 2.24) is 19.9 Å². The number of aromatic nitrogens is 4. The number of nitrogens with two attached hydrogens (primary N) is 1. The zero-order chi connectivity index (χ0) is 12.5. The molecule has 17 heavy (non-hydrogen) atoms. The molecule has 0 saturated carbocycles. The smallest absolute Gasteiger partial charge is 0.224 e. The molecule has 1 atom stereocenters. The highest BCUT2D eigenvalue weighted by Gasteiger charge is 2.19. The Morgan fingerprint density at radius 3 is 3.00 bits per heavy atom. The van der Waals surface area contributed by atoms with Crippen molar-refractivity contribution in [1.29, 1.82) is 0 Å². The molecule has 6 N–H and O–H groups in total. The minimum atomic E-state index is -1.23. The number of aromatic amines is 1. The van der Waals surface area contributed by atoms with Gasteiger partial charge in [-0.25, -0.2) is 4.98 Å². The summed E-state index contributed by atoms with van der Waals surface area (Å²) in [5, 5.41) is 21.5. The highest BCUT2D eigenvalue weighted by Crippen LogP contribution is 2.17. The predicted molar refractivity (Wildman–Crippen MR) is 62.3 cm³/mol. The fraction of sp³-hybridized carbons (Fsp3) is 0.444. The molecule has 2 aromatic rings. The number of anilines is 2. The van der Waals surface area contributed by atoms with Crippen LogP contribution in [0, 0.1) is 0 Å². The van der Waals surface area contributed by atoms with Crippen LogP contribution in [0.3, 0.4) is 0 Å². The third-order valence-corrected chi connectivity index (χ3v) is 2.28. The van der Waals surface area contributed by atoms with Crippen molar-refractivity contribution in [3.63, 3.8) is 0 Å². The lowest BCUT2D eigenvalue weighted by Crippen LogP contribution is -2.37. The molecule has 0 aliphatic rings. The Hall–Kier alpha value is -1.93. The Balaban J connectivity index is 2.26. The second-order valence-corrected chi connectivity index (χ2v) is 4.04. The molecule has 0 bridgehead atoms. The number of nitrogens with zero attached hydrogens (tertiary/aromatic N) is 3. The molecule has 0 fully saturated rings. The van der Waals surface area contributed by atoms with Crippen LogP contribution in [-0.4, -0.2) is 48.9 Å². The van der Waals surface area contributed by atoms with E-state index < -0.39 is 5.60 Å². The number of aliphatic hydroxyl groups is 2. The number of H-pyrrole nitrogens is 1. The average Bonchev–Trinajstić information content (AvgIpc) is 2.73. The minimum Gasteiger partial charge on any atom is -0.393 e. The van der Waals surface area contributed by atoms with Crippen molar-refractivity contribution in [2.75, 3.05) is 24.2 Å². The standard InChI is InChI=1S/C9H14N6O2/c1-9(17,3-16)2-11-6-5-7(13-4-12-5)15-8(10)14-6/h4,16-17H,2-3H2,1H3,(H4,10,11,12,13,14,15). The zero-order valence-electron chi connectivity index (χ0n) is 9.30. The third kappa shape index (κ3) is 2.43. The monoisotopic (exact) mass is 238 g/mol. The van der Waals surface area contributed by atoms with E-state index in [4.69, 9.17) is 10.8 Å². The van der Waals surface area contributed by atoms with Crippen LogP contribution < -0.4 is 11.1 Å². The molecule has 8 heteroatoms. The van der Waals surface area contributed by atoms with Crippen LogP contribution in [0.4, 0.5) is 11.8 Å². The Labute approximate surface area is 96.9 Å². The number of imidazole rings is 1. The Morgan fingerprint density at radius 2 is 2.29 bits per heavy atom. The number of fused-ring (bicyclic) bond motifs is 1. The van der Waals surface area contributed by atoms with E-state index in [9.17, 15) is 5.11 Å². The summed E-state index contributed by atoms with van der Waals surface area (Å²) < 4.78 is 0. The van der Waals surface area contributed by atoms with Crippen molar-refractivity contribution in [3.05, 3.63) is 6.33 Å². The van der Waals surface area contributed by atoms with Gasteiger partial charge in [-0.1, -0.05) is 0 Å². The largest absolute Gasteiger partial charge is 0.393 e. The van der Waals surface area contributed by atoms with Gasteiger partial charge in [-0.15, -0.1) is 0 Å². The summed E-state index contributed by atoms with van der Waals surface area (Å²) in [5.41, 5.74) is 5.35. The highest BCUT2D eigenvalue weighted by atomic mass is 16.3. The average molecular weight is 238 g/mol. The Bertz CT molecular complexity index is 523. The predicted octanol–water partition coefficient (Wildman–Crippen LogP) is -0.910. The molecule has 2 aromatic heterocycles. The lowest BCUT2D eigenvalue weighted by atomic mass is 10.1. The first-order valence-corrected chi connectivity index (χ1v) is 5.05. The van der Waals surface area contributed by atoms with E-state index >= 15 is 0 Å². The summed E-state index contributed by atoms with van der Waals surface area (Å²) in [6.07, 6.45) is 1.48. The number of rotatable bonds is 4. The van der Waals surface area contributed by atoms with Gasteiger partial charge in [0.2, 0.25) is 5.95 Å². The number of aliphatic hydroxyl groups excluding tert-OH is 1. The van der Waals surface area contributed by atoms with Gasteiger partial charge >= 0.3 is 0 Å². The summed E-state index contributed by atoms with van der Waals surface area (Å²) in [6, 6.07) is 0. The van der Waals surface area contributed by atoms with Crippen LogP contribution in [0.25, 0.3) is 11.2 Å². The molecular formula is C9H14N6O2. The van der Waals surface area contributed by atoms with E-state index in [1.807, 2.05) is 0 Å². The molecule has 1 unspecified atom stereocenters. The fourth-order valence-electron chi connectivity index (χ4n) is 1.31. The van der Waals surface area contributed by atoms with Crippen molar-refractivity contribution in [2.24, 2.45) is 0 Å². The molecule has 0 saturated heterocycles. The van der Waals surface area contributed by atoms with Crippen LogP contribution in [0.1, 0.15) is 6.92 Å². The maximum absolute atomic E-state index is 9.66. The van der Waals surface area contributed by atoms with Crippen molar-refractivity contribution < 1.29 is 10.2 Å². The van der Waals surface area contributed by atoms with E-state index in [-0.39, 0.29) is 19.1 Å². The van der Waals surface area contributed by atoms with Gasteiger partial charge in [-0.05, 0) is 6.92 Å². The molecule has 0 amide bonds. The van der Waals surface area contributed by atoms with Gasteiger partial charge in [0.05, 0.1) is 12.9 Å². The van der Waals surface area contributed by atoms with Gasteiger partial charge in [0, 0.05) is 6.54 Å². The normalized spacial score (nSPS) is 14.8. The third-order valence-electron chi connectivity index (χ3n) is 2.28. The van der Waals surface area contributed by atoms with E-state index in [1.54, 1.807) is 0 Å². The highest BCUT2D eigenvalue weighted by molar-refractivity contribution is 5.83. The van der Waals surface area contributed by atoms with Crippen LogP contribution in [0.5, 0.6) is 0 Å². The lowest BCUT2D eigenvalue weighted by molar-refractivity contribution is 0.0132. The molecule has 0 aromatic carbocycles. The summed E-state index contributed by atoms with van der Waals surface area (Å²) in [5.74, 6) is 0.537. The van der Waals surface area contributed by atoms with Gasteiger partial charge < -0.3 is 26.2 Å². The Kier molecular flexibility index (Phi) is 2.82. The summed E-state index contributed by atoms with van der Waals surface area (Å²) >= 11 is 0. The zero-order valence-corrected chi connectivity index (χ0v) is 9.30. The molecule has 8 nitrogen and oxygen atoms in total. The van der Waals surface area contributed by atoms with E-state index in [1.165, 1.54) is 13.3 Å². The Morgan fingerprint density at radius 1 is 1.53 bits per heavy atom. The van der Waals surface area contributed by atoms with E-state index in [0.29, 0.717) is 17.0 Å². The van der Waals surface area contributed by atoms with E-state index in [2.05, 4.69) is 25.3 Å². The lowest BCUT2D eigenvalue weighted by Gasteiger charge is -2.20. The second-order valence-electron chi connectivity index (χ2n) is 4.04. The van der Waals surface area contributed by atoms with E-state index in [0.717, 1.165) is 0 Å². The molecule has 2 heterocycles. The summed E-state index contributed by atoms with van der Waals surface area (Å²) in [6.45, 7) is 1.29. The van der Waals surface area contributed by atoms with Crippen molar-refractivity contribution in [3.8, 4) is 0 Å². The number of nitrogen functional groups attached to an aromatic ring is 1. The molecule has 0 aliphatic heterocycles. The molecular weight excluding hydrogens is 224 g/mol. The van der Waals surface area contributed by atoms with Gasteiger partial charge in [0.1, 0.15) is 11.1 Å². The van der Waals surface area contributed by atoms with Gasteiger partial charge in [0.15, 0.2) is 11.5 Å².